The minimum absolute atomic E-state index is 0.298. The number of β-amino-alcohol motifs (C(OH)–C–C–N with tert-alkyl or cyclic N) is 1. The topological polar surface area (TPSA) is 45.2 Å². The molecule has 0 amide bonds. The summed E-state index contributed by atoms with van der Waals surface area (Å²) in [5, 5.41) is 12.7. The molecule has 1 N–H and O–H groups in total. The van der Waals surface area contributed by atoms with Crippen molar-refractivity contribution in [3.05, 3.63) is 66.7 Å². The minimum Gasteiger partial charge on any atom is -0.497 e. The summed E-state index contributed by atoms with van der Waals surface area (Å²) < 4.78 is 11.2. The smallest absolute Gasteiger partial charge is 0.127 e. The number of rotatable bonds is 7. The van der Waals surface area contributed by atoms with E-state index in [1.54, 1.807) is 7.11 Å². The van der Waals surface area contributed by atoms with Gasteiger partial charge in [-0.2, -0.15) is 0 Å². The lowest BCUT2D eigenvalue weighted by atomic mass is 10.1. The molecule has 152 valence electrons. The van der Waals surface area contributed by atoms with Gasteiger partial charge in [-0.3, -0.25) is 4.90 Å². The molecule has 1 saturated heterocycles. The second-order valence-corrected chi connectivity index (χ2v) is 7.43. The molecule has 3 aromatic carbocycles. The van der Waals surface area contributed by atoms with E-state index in [1.165, 1.54) is 5.69 Å². The zero-order valence-corrected chi connectivity index (χ0v) is 16.8. The first-order valence-corrected chi connectivity index (χ1v) is 10.1. The third kappa shape index (κ3) is 4.81. The summed E-state index contributed by atoms with van der Waals surface area (Å²) in [7, 11) is 1.68. The van der Waals surface area contributed by atoms with Crippen molar-refractivity contribution in [1.82, 2.24) is 4.90 Å². The number of benzene rings is 3. The van der Waals surface area contributed by atoms with Gasteiger partial charge in [0, 0.05) is 43.8 Å². The SMILES string of the molecule is COc1ccc(N2CCN(C[C@@H](O)COc3cccc4ccccc34)CC2)cc1. The van der Waals surface area contributed by atoms with Crippen LogP contribution in [0.15, 0.2) is 66.7 Å². The first-order chi connectivity index (χ1) is 14.2. The zero-order chi connectivity index (χ0) is 20.1. The van der Waals surface area contributed by atoms with Crippen LogP contribution >= 0.6 is 0 Å². The molecule has 1 heterocycles. The summed E-state index contributed by atoms with van der Waals surface area (Å²) in [5.74, 6) is 1.70. The number of hydrogen-bond donors (Lipinski definition) is 1. The highest BCUT2D eigenvalue weighted by atomic mass is 16.5. The summed E-state index contributed by atoms with van der Waals surface area (Å²) in [6, 6.07) is 22.4. The van der Waals surface area contributed by atoms with Crippen LogP contribution in [-0.2, 0) is 0 Å². The zero-order valence-electron chi connectivity index (χ0n) is 16.8. The van der Waals surface area contributed by atoms with Crippen molar-refractivity contribution in [3.63, 3.8) is 0 Å². The number of methoxy groups -OCH3 is 1. The summed E-state index contributed by atoms with van der Waals surface area (Å²) in [6.07, 6.45) is -0.512. The molecule has 0 saturated carbocycles. The Morgan fingerprint density at radius 2 is 1.62 bits per heavy atom. The summed E-state index contributed by atoms with van der Waals surface area (Å²) in [5.41, 5.74) is 1.21. The van der Waals surface area contributed by atoms with Crippen LogP contribution in [0.5, 0.6) is 11.5 Å². The summed E-state index contributed by atoms with van der Waals surface area (Å²) in [4.78, 5) is 4.67. The van der Waals surface area contributed by atoms with Crippen LogP contribution < -0.4 is 14.4 Å². The van der Waals surface area contributed by atoms with Crippen molar-refractivity contribution in [3.8, 4) is 11.5 Å². The van der Waals surface area contributed by atoms with Gasteiger partial charge in [0.05, 0.1) is 7.11 Å². The molecule has 5 nitrogen and oxygen atoms in total. The Labute approximate surface area is 172 Å². The third-order valence-corrected chi connectivity index (χ3v) is 5.46. The van der Waals surface area contributed by atoms with E-state index >= 15 is 0 Å². The predicted octanol–water partition coefficient (Wildman–Crippen LogP) is 3.41. The number of aliphatic hydroxyl groups is 1. The molecule has 0 bridgehead atoms. The van der Waals surface area contributed by atoms with Crippen LogP contribution in [0.3, 0.4) is 0 Å². The number of anilines is 1. The van der Waals surface area contributed by atoms with E-state index in [-0.39, 0.29) is 0 Å². The molecule has 1 aliphatic rings. The summed E-state index contributed by atoms with van der Waals surface area (Å²) in [6.45, 7) is 4.68. The largest absolute Gasteiger partial charge is 0.497 e. The monoisotopic (exact) mass is 392 g/mol. The molecule has 0 aliphatic carbocycles. The van der Waals surface area contributed by atoms with Crippen molar-refractivity contribution in [2.45, 2.75) is 6.10 Å². The molecule has 0 radical (unpaired) electrons. The van der Waals surface area contributed by atoms with Crippen molar-refractivity contribution >= 4 is 16.5 Å². The second-order valence-electron chi connectivity index (χ2n) is 7.43. The van der Waals surface area contributed by atoms with Crippen molar-refractivity contribution in [2.75, 3.05) is 51.3 Å². The highest BCUT2D eigenvalue weighted by Gasteiger charge is 2.20. The number of piperazine rings is 1. The van der Waals surface area contributed by atoms with E-state index in [2.05, 4.69) is 40.1 Å². The third-order valence-electron chi connectivity index (χ3n) is 5.46. The molecule has 1 atom stereocenters. The van der Waals surface area contributed by atoms with Gasteiger partial charge < -0.3 is 19.5 Å². The first-order valence-electron chi connectivity index (χ1n) is 10.1. The van der Waals surface area contributed by atoms with E-state index in [4.69, 9.17) is 9.47 Å². The predicted molar refractivity (Wildman–Crippen MR) is 117 cm³/mol. The highest BCUT2D eigenvalue weighted by molar-refractivity contribution is 5.88. The molecule has 0 spiro atoms. The molecule has 5 heteroatoms. The van der Waals surface area contributed by atoms with Crippen LogP contribution in [-0.4, -0.2) is 62.6 Å². The first kappa shape index (κ1) is 19.6. The Hall–Kier alpha value is -2.76. The lowest BCUT2D eigenvalue weighted by Crippen LogP contribution is -2.49. The van der Waals surface area contributed by atoms with E-state index in [0.29, 0.717) is 13.2 Å². The fourth-order valence-corrected chi connectivity index (χ4v) is 3.84. The van der Waals surface area contributed by atoms with Crippen LogP contribution in [0.1, 0.15) is 0 Å². The van der Waals surface area contributed by atoms with Gasteiger partial charge in [0.2, 0.25) is 0 Å². The lowest BCUT2D eigenvalue weighted by Gasteiger charge is -2.36. The van der Waals surface area contributed by atoms with Crippen molar-refractivity contribution in [2.24, 2.45) is 0 Å². The van der Waals surface area contributed by atoms with Crippen LogP contribution in [0.25, 0.3) is 10.8 Å². The fourth-order valence-electron chi connectivity index (χ4n) is 3.84. The minimum atomic E-state index is -0.512. The molecule has 0 unspecified atom stereocenters. The Kier molecular flexibility index (Phi) is 6.17. The number of hydrogen-bond acceptors (Lipinski definition) is 5. The van der Waals surface area contributed by atoms with Gasteiger partial charge in [0.25, 0.3) is 0 Å². The van der Waals surface area contributed by atoms with Gasteiger partial charge >= 0.3 is 0 Å². The standard InChI is InChI=1S/C24H28N2O3/c1-28-22-11-9-20(10-12-22)26-15-13-25(14-16-26)17-21(27)18-29-24-8-4-6-19-5-2-3-7-23(19)24/h2-12,21,27H,13-18H2,1H3/t21-/m1/s1. The molecular weight excluding hydrogens is 364 g/mol. The Bertz CT molecular complexity index is 916. The average Bonchev–Trinajstić information content (AvgIpc) is 2.78. The fraction of sp³-hybridized carbons (Fsp3) is 0.333. The molecule has 3 aromatic rings. The van der Waals surface area contributed by atoms with Crippen molar-refractivity contribution < 1.29 is 14.6 Å². The highest BCUT2D eigenvalue weighted by Crippen LogP contribution is 2.25. The Morgan fingerprint density at radius 1 is 0.897 bits per heavy atom. The molecule has 0 aromatic heterocycles. The van der Waals surface area contributed by atoms with Gasteiger partial charge in [-0.1, -0.05) is 36.4 Å². The van der Waals surface area contributed by atoms with E-state index < -0.39 is 6.10 Å². The lowest BCUT2D eigenvalue weighted by molar-refractivity contribution is 0.0668. The second kappa shape index (κ2) is 9.16. The van der Waals surface area contributed by atoms with Gasteiger partial charge in [0.1, 0.15) is 24.2 Å². The van der Waals surface area contributed by atoms with Crippen LogP contribution in [0.2, 0.25) is 0 Å². The molecule has 1 fully saturated rings. The molecule has 4 rings (SSSR count). The molecule has 1 aliphatic heterocycles. The van der Waals surface area contributed by atoms with Crippen LogP contribution in [0, 0.1) is 0 Å². The average molecular weight is 392 g/mol. The maximum Gasteiger partial charge on any atom is 0.127 e. The van der Waals surface area contributed by atoms with Gasteiger partial charge in [-0.25, -0.2) is 0 Å². The molecular formula is C24H28N2O3. The molecule has 29 heavy (non-hydrogen) atoms. The number of nitrogens with zero attached hydrogens (tertiary/aromatic N) is 2. The van der Waals surface area contributed by atoms with Gasteiger partial charge in [-0.15, -0.1) is 0 Å². The number of fused-ring (bicyclic) bond motifs is 1. The normalized spacial score (nSPS) is 16.0. The Morgan fingerprint density at radius 3 is 2.38 bits per heavy atom. The maximum absolute atomic E-state index is 10.5. The van der Waals surface area contributed by atoms with E-state index in [0.717, 1.165) is 48.5 Å². The van der Waals surface area contributed by atoms with Crippen molar-refractivity contribution in [1.29, 1.82) is 0 Å². The Balaban J connectivity index is 1.26. The van der Waals surface area contributed by atoms with Crippen LogP contribution in [0.4, 0.5) is 5.69 Å². The van der Waals surface area contributed by atoms with Gasteiger partial charge in [0.15, 0.2) is 0 Å². The summed E-state index contributed by atoms with van der Waals surface area (Å²) >= 11 is 0. The van der Waals surface area contributed by atoms with E-state index in [1.807, 2.05) is 36.4 Å². The van der Waals surface area contributed by atoms with E-state index in [9.17, 15) is 5.11 Å². The maximum atomic E-state index is 10.5. The van der Waals surface area contributed by atoms with Gasteiger partial charge in [-0.05, 0) is 35.7 Å². The number of ether oxygens (including phenoxy) is 2. The quantitative estimate of drug-likeness (QED) is 0.668. The number of aliphatic hydroxyl groups excluding tert-OH is 1.